The van der Waals surface area contributed by atoms with Gasteiger partial charge in [-0.2, -0.15) is 0 Å². The number of benzene rings is 1. The molecule has 0 saturated heterocycles. The minimum Gasteiger partial charge on any atom is -0.355 e. The summed E-state index contributed by atoms with van der Waals surface area (Å²) in [7, 11) is 1.98. The number of amides is 1. The second-order valence-corrected chi connectivity index (χ2v) is 5.65. The van der Waals surface area contributed by atoms with Crippen molar-refractivity contribution >= 4 is 5.91 Å². The van der Waals surface area contributed by atoms with Gasteiger partial charge in [-0.25, -0.2) is 0 Å². The predicted octanol–water partition coefficient (Wildman–Crippen LogP) is 2.13. The standard InChI is InChI=1S/C16H24N2O/c1-17-12-16(10-5-11-16)13-18-15(19)9-8-14-6-3-2-4-7-14/h2-4,6-7,17H,5,8-13H2,1H3,(H,18,19). The third-order valence-electron chi connectivity index (χ3n) is 4.11. The molecule has 0 bridgehead atoms. The zero-order chi connectivity index (χ0) is 13.6. The van der Waals surface area contributed by atoms with Crippen LogP contribution in [0, 0.1) is 5.41 Å². The summed E-state index contributed by atoms with van der Waals surface area (Å²) in [5.74, 6) is 0.172. The second kappa shape index (κ2) is 6.71. The summed E-state index contributed by atoms with van der Waals surface area (Å²) >= 11 is 0. The molecule has 3 heteroatoms. The summed E-state index contributed by atoms with van der Waals surface area (Å²) in [6.07, 6.45) is 5.16. The van der Waals surface area contributed by atoms with Crippen LogP contribution in [0.3, 0.4) is 0 Å². The molecule has 1 aromatic carbocycles. The lowest BCUT2D eigenvalue weighted by molar-refractivity contribution is -0.121. The molecule has 1 aliphatic rings. The van der Waals surface area contributed by atoms with Gasteiger partial charge in [-0.15, -0.1) is 0 Å². The molecular formula is C16H24N2O. The van der Waals surface area contributed by atoms with Gasteiger partial charge in [0.05, 0.1) is 0 Å². The molecule has 0 atom stereocenters. The zero-order valence-electron chi connectivity index (χ0n) is 11.7. The van der Waals surface area contributed by atoms with Gasteiger partial charge < -0.3 is 10.6 Å². The van der Waals surface area contributed by atoms with E-state index in [4.69, 9.17) is 0 Å². The molecule has 1 aliphatic carbocycles. The van der Waals surface area contributed by atoms with Crippen molar-refractivity contribution in [1.82, 2.24) is 10.6 Å². The Balaban J connectivity index is 1.70. The van der Waals surface area contributed by atoms with Gasteiger partial charge in [0.2, 0.25) is 5.91 Å². The first-order valence-corrected chi connectivity index (χ1v) is 7.19. The third-order valence-corrected chi connectivity index (χ3v) is 4.11. The first-order chi connectivity index (χ1) is 9.24. The van der Waals surface area contributed by atoms with E-state index in [9.17, 15) is 4.79 Å². The quantitative estimate of drug-likeness (QED) is 0.788. The molecule has 19 heavy (non-hydrogen) atoms. The minimum absolute atomic E-state index is 0.172. The van der Waals surface area contributed by atoms with E-state index in [1.165, 1.54) is 24.8 Å². The number of aryl methyl sites for hydroxylation is 1. The molecule has 1 fully saturated rings. The van der Waals surface area contributed by atoms with E-state index in [0.29, 0.717) is 11.8 Å². The van der Waals surface area contributed by atoms with Crippen LogP contribution in [0.5, 0.6) is 0 Å². The van der Waals surface area contributed by atoms with E-state index >= 15 is 0 Å². The molecule has 1 saturated carbocycles. The first-order valence-electron chi connectivity index (χ1n) is 7.19. The summed E-state index contributed by atoms with van der Waals surface area (Å²) in [6.45, 7) is 1.83. The Morgan fingerprint density at radius 1 is 1.21 bits per heavy atom. The molecule has 1 aromatic rings. The van der Waals surface area contributed by atoms with Crippen LogP contribution in [-0.2, 0) is 11.2 Å². The fraction of sp³-hybridized carbons (Fsp3) is 0.562. The van der Waals surface area contributed by atoms with Crippen molar-refractivity contribution in [3.8, 4) is 0 Å². The number of hydrogen-bond donors (Lipinski definition) is 2. The highest BCUT2D eigenvalue weighted by Crippen LogP contribution is 2.39. The Hall–Kier alpha value is -1.35. The van der Waals surface area contributed by atoms with Gasteiger partial charge in [-0.1, -0.05) is 36.8 Å². The lowest BCUT2D eigenvalue weighted by atomic mass is 9.68. The fourth-order valence-corrected chi connectivity index (χ4v) is 2.74. The lowest BCUT2D eigenvalue weighted by Gasteiger charge is -2.42. The maximum absolute atomic E-state index is 11.9. The Bertz CT molecular complexity index is 398. The van der Waals surface area contributed by atoms with Gasteiger partial charge in [0.1, 0.15) is 0 Å². The first kappa shape index (κ1) is 14.1. The van der Waals surface area contributed by atoms with Gasteiger partial charge in [-0.3, -0.25) is 4.79 Å². The van der Waals surface area contributed by atoms with Crippen molar-refractivity contribution in [2.75, 3.05) is 20.1 Å². The van der Waals surface area contributed by atoms with Gasteiger partial charge in [0.15, 0.2) is 0 Å². The van der Waals surface area contributed by atoms with Crippen molar-refractivity contribution in [2.45, 2.75) is 32.1 Å². The molecule has 2 rings (SSSR count). The van der Waals surface area contributed by atoms with E-state index in [2.05, 4.69) is 22.8 Å². The van der Waals surface area contributed by atoms with E-state index in [1.807, 2.05) is 25.2 Å². The van der Waals surface area contributed by atoms with E-state index in [-0.39, 0.29) is 5.91 Å². The van der Waals surface area contributed by atoms with Crippen molar-refractivity contribution < 1.29 is 4.79 Å². The highest BCUT2D eigenvalue weighted by atomic mass is 16.1. The van der Waals surface area contributed by atoms with Crippen molar-refractivity contribution in [3.63, 3.8) is 0 Å². The Kier molecular flexibility index (Phi) is 4.97. The van der Waals surface area contributed by atoms with Crippen LogP contribution < -0.4 is 10.6 Å². The second-order valence-electron chi connectivity index (χ2n) is 5.65. The summed E-state index contributed by atoms with van der Waals surface area (Å²) in [6, 6.07) is 10.2. The highest BCUT2D eigenvalue weighted by Gasteiger charge is 2.36. The number of carbonyl (C=O) groups excluding carboxylic acids is 1. The zero-order valence-corrected chi connectivity index (χ0v) is 11.7. The lowest BCUT2D eigenvalue weighted by Crippen LogP contribution is -2.47. The molecule has 0 heterocycles. The summed E-state index contributed by atoms with van der Waals surface area (Å²) in [4.78, 5) is 11.9. The monoisotopic (exact) mass is 260 g/mol. The van der Waals surface area contributed by atoms with Crippen LogP contribution in [0.25, 0.3) is 0 Å². The summed E-state index contributed by atoms with van der Waals surface area (Å²) < 4.78 is 0. The van der Waals surface area contributed by atoms with Crippen LogP contribution in [-0.4, -0.2) is 26.0 Å². The normalized spacial score (nSPS) is 16.7. The fourth-order valence-electron chi connectivity index (χ4n) is 2.74. The van der Waals surface area contributed by atoms with Crippen LogP contribution >= 0.6 is 0 Å². The Morgan fingerprint density at radius 2 is 1.95 bits per heavy atom. The van der Waals surface area contributed by atoms with Crippen molar-refractivity contribution in [1.29, 1.82) is 0 Å². The van der Waals surface area contributed by atoms with Crippen LogP contribution in [0.2, 0.25) is 0 Å². The van der Waals surface area contributed by atoms with E-state index in [1.54, 1.807) is 0 Å². The molecule has 0 aromatic heterocycles. The Labute approximate surface area is 115 Å². The highest BCUT2D eigenvalue weighted by molar-refractivity contribution is 5.76. The number of nitrogens with one attached hydrogen (secondary N) is 2. The average molecular weight is 260 g/mol. The number of hydrogen-bond acceptors (Lipinski definition) is 2. The average Bonchev–Trinajstić information content (AvgIpc) is 2.40. The molecule has 0 unspecified atom stereocenters. The largest absolute Gasteiger partial charge is 0.355 e. The molecular weight excluding hydrogens is 236 g/mol. The molecule has 1 amide bonds. The van der Waals surface area contributed by atoms with Crippen molar-refractivity contribution in [2.24, 2.45) is 5.41 Å². The maximum Gasteiger partial charge on any atom is 0.220 e. The van der Waals surface area contributed by atoms with Gasteiger partial charge >= 0.3 is 0 Å². The predicted molar refractivity (Wildman–Crippen MR) is 78.0 cm³/mol. The van der Waals surface area contributed by atoms with Crippen LogP contribution in [0.4, 0.5) is 0 Å². The molecule has 0 radical (unpaired) electrons. The number of rotatable bonds is 7. The maximum atomic E-state index is 11.9. The van der Waals surface area contributed by atoms with Gasteiger partial charge in [-0.05, 0) is 31.9 Å². The van der Waals surface area contributed by atoms with Gasteiger partial charge in [0, 0.05) is 24.9 Å². The topological polar surface area (TPSA) is 41.1 Å². The van der Waals surface area contributed by atoms with Crippen LogP contribution in [0.1, 0.15) is 31.2 Å². The SMILES string of the molecule is CNCC1(CNC(=O)CCc2ccccc2)CCC1. The summed E-state index contributed by atoms with van der Waals surface area (Å²) in [5, 5.41) is 6.34. The number of carbonyl (C=O) groups is 1. The molecule has 2 N–H and O–H groups in total. The molecule has 104 valence electrons. The summed E-state index contributed by atoms with van der Waals surface area (Å²) in [5.41, 5.74) is 1.54. The Morgan fingerprint density at radius 3 is 2.53 bits per heavy atom. The van der Waals surface area contributed by atoms with Crippen LogP contribution in [0.15, 0.2) is 30.3 Å². The minimum atomic E-state index is 0.172. The van der Waals surface area contributed by atoms with E-state index < -0.39 is 0 Å². The smallest absolute Gasteiger partial charge is 0.220 e. The van der Waals surface area contributed by atoms with Crippen molar-refractivity contribution in [3.05, 3.63) is 35.9 Å². The molecule has 3 nitrogen and oxygen atoms in total. The third kappa shape index (κ3) is 4.06. The van der Waals surface area contributed by atoms with Gasteiger partial charge in [0.25, 0.3) is 0 Å². The molecule has 0 aliphatic heterocycles. The van der Waals surface area contributed by atoms with E-state index in [0.717, 1.165) is 19.5 Å². The molecule has 0 spiro atoms.